The predicted molar refractivity (Wildman–Crippen MR) is 62.1 cm³/mol. The zero-order valence-electron chi connectivity index (χ0n) is 7.87. The second-order valence-corrected chi connectivity index (χ2v) is 4.11. The summed E-state index contributed by atoms with van der Waals surface area (Å²) in [6.45, 7) is 2.00. The lowest BCUT2D eigenvalue weighted by Gasteiger charge is -2.02. The topological polar surface area (TPSA) is 12.9 Å². The van der Waals surface area contributed by atoms with Gasteiger partial charge in [-0.15, -0.1) is 0 Å². The number of halogens is 1. The van der Waals surface area contributed by atoms with Gasteiger partial charge in [0.15, 0.2) is 0 Å². The first kappa shape index (κ1) is 9.41. The number of hydrogen-bond donors (Lipinski definition) is 0. The van der Waals surface area contributed by atoms with Crippen molar-refractivity contribution >= 4 is 15.9 Å². The second-order valence-electron chi connectivity index (χ2n) is 3.20. The van der Waals surface area contributed by atoms with E-state index in [1.54, 1.807) is 0 Å². The lowest BCUT2D eigenvalue weighted by Crippen LogP contribution is -1.82. The molecule has 2 rings (SSSR count). The van der Waals surface area contributed by atoms with Gasteiger partial charge in [0.1, 0.15) is 0 Å². The summed E-state index contributed by atoms with van der Waals surface area (Å²) in [5.41, 5.74) is 3.46. The van der Waals surface area contributed by atoms with E-state index in [4.69, 9.17) is 0 Å². The van der Waals surface area contributed by atoms with Crippen LogP contribution < -0.4 is 0 Å². The van der Waals surface area contributed by atoms with E-state index >= 15 is 0 Å². The Morgan fingerprint density at radius 1 is 1.07 bits per heavy atom. The van der Waals surface area contributed by atoms with Crippen LogP contribution in [0.1, 0.15) is 5.69 Å². The van der Waals surface area contributed by atoms with E-state index in [0.717, 1.165) is 10.2 Å². The molecular weight excluding hydrogens is 238 g/mol. The van der Waals surface area contributed by atoms with Crippen LogP contribution in [-0.4, -0.2) is 4.98 Å². The van der Waals surface area contributed by atoms with Crippen molar-refractivity contribution in [3.05, 3.63) is 52.8 Å². The van der Waals surface area contributed by atoms with Crippen LogP contribution in [0, 0.1) is 6.92 Å². The molecule has 2 heteroatoms. The fraction of sp³-hybridized carbons (Fsp3) is 0.0833. The van der Waals surface area contributed by atoms with E-state index < -0.39 is 0 Å². The average Bonchev–Trinajstić information content (AvgIpc) is 2.18. The molecule has 0 amide bonds. The number of rotatable bonds is 1. The van der Waals surface area contributed by atoms with Crippen LogP contribution in [0.3, 0.4) is 0 Å². The van der Waals surface area contributed by atoms with E-state index in [1.165, 1.54) is 11.1 Å². The zero-order valence-corrected chi connectivity index (χ0v) is 9.45. The van der Waals surface area contributed by atoms with Gasteiger partial charge in [0.25, 0.3) is 0 Å². The Morgan fingerprint density at radius 2 is 1.86 bits per heavy atom. The Balaban J connectivity index is 2.49. The normalized spacial score (nSPS) is 10.1. The van der Waals surface area contributed by atoms with Crippen LogP contribution in [0.4, 0.5) is 0 Å². The summed E-state index contributed by atoms with van der Waals surface area (Å²) >= 11 is 3.46. The summed E-state index contributed by atoms with van der Waals surface area (Å²) in [6.07, 6.45) is 1.84. The van der Waals surface area contributed by atoms with Crippen molar-refractivity contribution in [2.45, 2.75) is 6.92 Å². The number of nitrogens with zero attached hydrogens (tertiary/aromatic N) is 1. The maximum absolute atomic E-state index is 4.18. The second kappa shape index (κ2) is 3.93. The van der Waals surface area contributed by atoms with Crippen LogP contribution in [0.15, 0.2) is 47.1 Å². The summed E-state index contributed by atoms with van der Waals surface area (Å²) in [7, 11) is 0. The molecule has 0 aliphatic heterocycles. The molecule has 2 aromatic rings. The van der Waals surface area contributed by atoms with Gasteiger partial charge in [0, 0.05) is 16.4 Å². The molecule has 0 saturated carbocycles. The summed E-state index contributed by atoms with van der Waals surface area (Å²) in [5.74, 6) is 0. The van der Waals surface area contributed by atoms with Gasteiger partial charge < -0.3 is 0 Å². The van der Waals surface area contributed by atoms with Gasteiger partial charge in [-0.2, -0.15) is 0 Å². The number of aromatic nitrogens is 1. The minimum atomic E-state index is 1.04. The Bertz CT molecular complexity index is 408. The van der Waals surface area contributed by atoms with Crippen LogP contribution >= 0.6 is 15.9 Å². The predicted octanol–water partition coefficient (Wildman–Crippen LogP) is 3.82. The first-order chi connectivity index (χ1) is 6.75. The molecular formula is C12H10BrN. The molecule has 0 saturated heterocycles. The quantitative estimate of drug-likeness (QED) is 0.747. The van der Waals surface area contributed by atoms with Crippen molar-refractivity contribution < 1.29 is 0 Å². The molecule has 0 aliphatic carbocycles. The van der Waals surface area contributed by atoms with Gasteiger partial charge in [-0.1, -0.05) is 28.1 Å². The molecule has 0 aliphatic rings. The van der Waals surface area contributed by atoms with Crippen molar-refractivity contribution in [1.29, 1.82) is 0 Å². The van der Waals surface area contributed by atoms with E-state index in [-0.39, 0.29) is 0 Å². The van der Waals surface area contributed by atoms with Crippen molar-refractivity contribution in [1.82, 2.24) is 4.98 Å². The van der Waals surface area contributed by atoms with Gasteiger partial charge in [-0.05, 0) is 42.3 Å². The minimum Gasteiger partial charge on any atom is -0.262 e. The highest BCUT2D eigenvalue weighted by atomic mass is 79.9. The third-order valence-corrected chi connectivity index (χ3v) is 2.55. The van der Waals surface area contributed by atoms with Gasteiger partial charge >= 0.3 is 0 Å². The maximum atomic E-state index is 4.18. The van der Waals surface area contributed by atoms with Crippen LogP contribution in [0.5, 0.6) is 0 Å². The molecule has 1 aromatic carbocycles. The minimum absolute atomic E-state index is 1.04. The molecule has 0 radical (unpaired) electrons. The lowest BCUT2D eigenvalue weighted by atomic mass is 10.1. The fourth-order valence-electron chi connectivity index (χ4n) is 1.39. The Morgan fingerprint density at radius 3 is 2.57 bits per heavy atom. The van der Waals surface area contributed by atoms with E-state index in [0.29, 0.717) is 0 Å². The summed E-state index contributed by atoms with van der Waals surface area (Å²) < 4.78 is 1.10. The summed E-state index contributed by atoms with van der Waals surface area (Å²) in [6, 6.07) is 12.4. The fourth-order valence-corrected chi connectivity index (χ4v) is 1.79. The molecule has 0 bridgehead atoms. The molecule has 14 heavy (non-hydrogen) atoms. The van der Waals surface area contributed by atoms with Crippen molar-refractivity contribution in [3.8, 4) is 11.1 Å². The van der Waals surface area contributed by atoms with Crippen LogP contribution in [0.25, 0.3) is 11.1 Å². The maximum Gasteiger partial charge on any atom is 0.0378 e. The monoisotopic (exact) mass is 247 g/mol. The first-order valence-electron chi connectivity index (χ1n) is 4.44. The zero-order chi connectivity index (χ0) is 9.97. The number of benzene rings is 1. The van der Waals surface area contributed by atoms with E-state index in [2.05, 4.69) is 39.1 Å². The number of pyridine rings is 1. The third-order valence-electron chi connectivity index (χ3n) is 2.05. The highest BCUT2D eigenvalue weighted by Crippen LogP contribution is 2.22. The van der Waals surface area contributed by atoms with Crippen LogP contribution in [0.2, 0.25) is 0 Å². The molecule has 0 atom stereocenters. The van der Waals surface area contributed by atoms with Gasteiger partial charge in [-0.3, -0.25) is 4.98 Å². The average molecular weight is 248 g/mol. The summed E-state index contributed by atoms with van der Waals surface area (Å²) in [5, 5.41) is 0. The number of aryl methyl sites for hydroxylation is 1. The number of hydrogen-bond acceptors (Lipinski definition) is 1. The smallest absolute Gasteiger partial charge is 0.0378 e. The molecule has 0 unspecified atom stereocenters. The molecule has 0 N–H and O–H groups in total. The Labute approximate surface area is 91.9 Å². The molecule has 0 fully saturated rings. The highest BCUT2D eigenvalue weighted by molar-refractivity contribution is 9.10. The molecule has 1 aromatic heterocycles. The summed E-state index contributed by atoms with van der Waals surface area (Å²) in [4.78, 5) is 4.18. The highest BCUT2D eigenvalue weighted by Gasteiger charge is 1.97. The van der Waals surface area contributed by atoms with Gasteiger partial charge in [0.05, 0.1) is 0 Å². The molecule has 70 valence electrons. The molecule has 0 spiro atoms. The SMILES string of the molecule is Cc1cc(-c2cccc(Br)c2)ccn1. The van der Waals surface area contributed by atoms with E-state index in [9.17, 15) is 0 Å². The standard InChI is InChI=1S/C12H10BrN/c1-9-7-11(5-6-14-9)10-3-2-4-12(13)8-10/h2-8H,1H3. The van der Waals surface area contributed by atoms with Gasteiger partial charge in [-0.25, -0.2) is 0 Å². The first-order valence-corrected chi connectivity index (χ1v) is 5.23. The van der Waals surface area contributed by atoms with Crippen molar-refractivity contribution in [2.75, 3.05) is 0 Å². The Hall–Kier alpha value is -1.15. The van der Waals surface area contributed by atoms with Crippen molar-refractivity contribution in [2.24, 2.45) is 0 Å². The van der Waals surface area contributed by atoms with E-state index in [1.807, 2.05) is 31.3 Å². The van der Waals surface area contributed by atoms with Crippen molar-refractivity contribution in [3.63, 3.8) is 0 Å². The molecule has 1 heterocycles. The third kappa shape index (κ3) is 2.02. The Kier molecular flexibility index (Phi) is 2.64. The lowest BCUT2D eigenvalue weighted by molar-refractivity contribution is 1.20. The molecule has 1 nitrogen and oxygen atoms in total. The van der Waals surface area contributed by atoms with Gasteiger partial charge in [0.2, 0.25) is 0 Å². The largest absolute Gasteiger partial charge is 0.262 e. The van der Waals surface area contributed by atoms with Crippen LogP contribution in [-0.2, 0) is 0 Å².